The number of benzene rings is 1. The zero-order chi connectivity index (χ0) is 16.3. The van der Waals surface area contributed by atoms with E-state index in [-0.39, 0.29) is 11.3 Å². The number of pyridine rings is 1. The number of hydrogen-bond donors (Lipinski definition) is 1. The van der Waals surface area contributed by atoms with Gasteiger partial charge >= 0.3 is 6.18 Å². The third-order valence-electron chi connectivity index (χ3n) is 2.87. The smallest absolute Gasteiger partial charge is 0.321 e. The molecule has 1 heterocycles. The van der Waals surface area contributed by atoms with Gasteiger partial charge in [0.2, 0.25) is 0 Å². The topological polar surface area (TPSA) is 59.1 Å². The van der Waals surface area contributed by atoms with Crippen molar-refractivity contribution in [2.75, 3.05) is 5.32 Å². The van der Waals surface area contributed by atoms with Gasteiger partial charge < -0.3 is 5.32 Å². The largest absolute Gasteiger partial charge is 0.433 e. The van der Waals surface area contributed by atoms with Crippen LogP contribution in [0.1, 0.15) is 33.3 Å². The van der Waals surface area contributed by atoms with Crippen molar-refractivity contribution in [3.05, 3.63) is 59.4 Å². The number of alkyl halides is 3. The molecular weight excluding hydrogens is 297 g/mol. The van der Waals surface area contributed by atoms with Crippen LogP contribution >= 0.6 is 0 Å². The molecule has 0 bridgehead atoms. The number of para-hydroxylation sites is 1. The summed E-state index contributed by atoms with van der Waals surface area (Å²) < 4.78 is 37.2. The second-order valence-corrected chi connectivity index (χ2v) is 4.49. The molecule has 0 atom stereocenters. The molecule has 0 spiro atoms. The van der Waals surface area contributed by atoms with Crippen LogP contribution in [0.15, 0.2) is 42.6 Å². The fraction of sp³-hybridized carbons (Fsp3) is 0.133. The standard InChI is InChI=1S/C15H11F3N2O2/c1-9(21)11-4-2-3-5-12(11)20-14(22)10-6-7-13(19-8-10)15(16,17)18/h2-8H,1H3,(H,20,22). The maximum Gasteiger partial charge on any atom is 0.433 e. The number of aromatic nitrogens is 1. The first kappa shape index (κ1) is 15.7. The Bertz CT molecular complexity index is 709. The molecule has 0 saturated heterocycles. The number of carbonyl (C=O) groups excluding carboxylic acids is 2. The Morgan fingerprint density at radius 3 is 2.32 bits per heavy atom. The molecule has 0 aliphatic rings. The van der Waals surface area contributed by atoms with Crippen LogP contribution in [0.3, 0.4) is 0 Å². The third kappa shape index (κ3) is 3.49. The van der Waals surface area contributed by atoms with E-state index in [2.05, 4.69) is 10.3 Å². The molecule has 114 valence electrons. The van der Waals surface area contributed by atoms with Gasteiger partial charge in [-0.1, -0.05) is 12.1 Å². The lowest BCUT2D eigenvalue weighted by Gasteiger charge is -2.10. The first-order valence-electron chi connectivity index (χ1n) is 6.23. The summed E-state index contributed by atoms with van der Waals surface area (Å²) in [7, 11) is 0. The molecule has 0 aliphatic carbocycles. The minimum absolute atomic E-state index is 0.0358. The maximum absolute atomic E-state index is 12.4. The molecule has 1 aromatic heterocycles. The van der Waals surface area contributed by atoms with Crippen LogP contribution in [0.4, 0.5) is 18.9 Å². The van der Waals surface area contributed by atoms with Crippen molar-refractivity contribution in [1.82, 2.24) is 4.98 Å². The SMILES string of the molecule is CC(=O)c1ccccc1NC(=O)c1ccc(C(F)(F)F)nc1. The van der Waals surface area contributed by atoms with Gasteiger partial charge in [0.25, 0.3) is 5.91 Å². The molecule has 0 fully saturated rings. The van der Waals surface area contributed by atoms with E-state index in [1.54, 1.807) is 18.2 Å². The zero-order valence-electron chi connectivity index (χ0n) is 11.4. The van der Waals surface area contributed by atoms with Gasteiger partial charge in [-0.2, -0.15) is 13.2 Å². The molecule has 2 rings (SSSR count). The first-order valence-corrected chi connectivity index (χ1v) is 6.23. The van der Waals surface area contributed by atoms with Gasteiger partial charge in [-0.25, -0.2) is 0 Å². The Kier molecular flexibility index (Phi) is 4.25. The Morgan fingerprint density at radius 1 is 1.09 bits per heavy atom. The number of amides is 1. The number of rotatable bonds is 3. The predicted octanol–water partition coefficient (Wildman–Crippen LogP) is 3.56. The number of hydrogen-bond acceptors (Lipinski definition) is 3. The lowest BCUT2D eigenvalue weighted by molar-refractivity contribution is -0.141. The fourth-order valence-electron chi connectivity index (χ4n) is 1.79. The predicted molar refractivity (Wildman–Crippen MR) is 73.6 cm³/mol. The Labute approximate surface area is 124 Å². The van der Waals surface area contributed by atoms with Crippen molar-refractivity contribution < 1.29 is 22.8 Å². The number of halogens is 3. The molecule has 1 N–H and O–H groups in total. The second kappa shape index (κ2) is 5.97. The molecule has 2 aromatic rings. The van der Waals surface area contributed by atoms with Gasteiger partial charge in [0, 0.05) is 11.8 Å². The summed E-state index contributed by atoms with van der Waals surface area (Å²) in [6.07, 6.45) is -3.72. The van der Waals surface area contributed by atoms with Crippen LogP contribution in [-0.4, -0.2) is 16.7 Å². The zero-order valence-corrected chi connectivity index (χ0v) is 11.4. The Balaban J connectivity index is 2.22. The van der Waals surface area contributed by atoms with Crippen LogP contribution in [0.5, 0.6) is 0 Å². The number of anilines is 1. The average molecular weight is 308 g/mol. The first-order chi connectivity index (χ1) is 10.3. The summed E-state index contributed by atoms with van der Waals surface area (Å²) in [6.45, 7) is 1.35. The van der Waals surface area contributed by atoms with E-state index in [0.717, 1.165) is 18.3 Å². The quantitative estimate of drug-likeness (QED) is 0.882. The molecule has 7 heteroatoms. The molecule has 1 aromatic carbocycles. The van der Waals surface area contributed by atoms with Crippen molar-refractivity contribution in [3.8, 4) is 0 Å². The summed E-state index contributed by atoms with van der Waals surface area (Å²) in [4.78, 5) is 26.7. The van der Waals surface area contributed by atoms with E-state index in [1.165, 1.54) is 13.0 Å². The number of carbonyl (C=O) groups is 2. The van der Waals surface area contributed by atoms with E-state index in [9.17, 15) is 22.8 Å². The summed E-state index contributed by atoms with van der Waals surface area (Å²) in [5.41, 5.74) is -0.504. The summed E-state index contributed by atoms with van der Waals surface area (Å²) in [5.74, 6) is -0.878. The van der Waals surface area contributed by atoms with Crippen LogP contribution in [-0.2, 0) is 6.18 Å². The molecule has 0 radical (unpaired) electrons. The lowest BCUT2D eigenvalue weighted by Crippen LogP contribution is -2.15. The molecular formula is C15H11F3N2O2. The summed E-state index contributed by atoms with van der Waals surface area (Å²) >= 11 is 0. The fourth-order valence-corrected chi connectivity index (χ4v) is 1.79. The second-order valence-electron chi connectivity index (χ2n) is 4.49. The van der Waals surface area contributed by atoms with E-state index in [4.69, 9.17) is 0 Å². The number of ketones is 1. The highest BCUT2D eigenvalue weighted by molar-refractivity contribution is 6.08. The van der Waals surface area contributed by atoms with Crippen LogP contribution in [0.2, 0.25) is 0 Å². The molecule has 22 heavy (non-hydrogen) atoms. The average Bonchev–Trinajstić information content (AvgIpc) is 2.46. The van der Waals surface area contributed by atoms with Gasteiger partial charge in [0.15, 0.2) is 5.78 Å². The number of nitrogens with zero attached hydrogens (tertiary/aromatic N) is 1. The lowest BCUT2D eigenvalue weighted by atomic mass is 10.1. The summed E-state index contributed by atoms with van der Waals surface area (Å²) in [6, 6.07) is 8.11. The molecule has 0 unspecified atom stereocenters. The van der Waals surface area contributed by atoms with Gasteiger partial charge in [-0.15, -0.1) is 0 Å². The minimum Gasteiger partial charge on any atom is -0.321 e. The normalized spacial score (nSPS) is 11.1. The molecule has 4 nitrogen and oxygen atoms in total. The van der Waals surface area contributed by atoms with Crippen molar-refractivity contribution >= 4 is 17.4 Å². The minimum atomic E-state index is -4.56. The van der Waals surface area contributed by atoms with E-state index in [1.807, 2.05) is 0 Å². The Morgan fingerprint density at radius 2 is 1.77 bits per heavy atom. The highest BCUT2D eigenvalue weighted by Crippen LogP contribution is 2.27. The van der Waals surface area contributed by atoms with E-state index >= 15 is 0 Å². The monoisotopic (exact) mass is 308 g/mol. The van der Waals surface area contributed by atoms with Gasteiger partial charge in [0.05, 0.1) is 11.3 Å². The van der Waals surface area contributed by atoms with Crippen molar-refractivity contribution in [2.45, 2.75) is 13.1 Å². The molecule has 0 saturated carbocycles. The van der Waals surface area contributed by atoms with Crippen molar-refractivity contribution in [3.63, 3.8) is 0 Å². The van der Waals surface area contributed by atoms with Crippen molar-refractivity contribution in [1.29, 1.82) is 0 Å². The maximum atomic E-state index is 12.4. The summed E-state index contributed by atoms with van der Waals surface area (Å²) in [5, 5.41) is 2.49. The molecule has 0 aliphatic heterocycles. The Hall–Kier alpha value is -2.70. The van der Waals surface area contributed by atoms with Gasteiger partial charge in [-0.3, -0.25) is 14.6 Å². The third-order valence-corrected chi connectivity index (χ3v) is 2.87. The van der Waals surface area contributed by atoms with Crippen LogP contribution in [0.25, 0.3) is 0 Å². The van der Waals surface area contributed by atoms with E-state index in [0.29, 0.717) is 11.3 Å². The number of Topliss-reactive ketones (excluding diaryl/α,β-unsaturated/α-hetero) is 1. The van der Waals surface area contributed by atoms with E-state index < -0.39 is 17.8 Å². The van der Waals surface area contributed by atoms with Gasteiger partial charge in [-0.05, 0) is 31.2 Å². The van der Waals surface area contributed by atoms with Crippen LogP contribution < -0.4 is 5.32 Å². The highest BCUT2D eigenvalue weighted by atomic mass is 19.4. The van der Waals surface area contributed by atoms with Crippen LogP contribution in [0, 0.1) is 0 Å². The molecule has 1 amide bonds. The number of nitrogens with one attached hydrogen (secondary N) is 1. The highest BCUT2D eigenvalue weighted by Gasteiger charge is 2.32. The van der Waals surface area contributed by atoms with Crippen molar-refractivity contribution in [2.24, 2.45) is 0 Å². The van der Waals surface area contributed by atoms with Gasteiger partial charge in [0.1, 0.15) is 5.69 Å².